The minimum Gasteiger partial charge on any atom is -0.493 e. The smallest absolute Gasteiger partial charge is 0.123 e. The summed E-state index contributed by atoms with van der Waals surface area (Å²) in [5.41, 5.74) is 6.66. The van der Waals surface area contributed by atoms with Crippen molar-refractivity contribution in [2.45, 2.75) is 33.1 Å². The first-order valence-electron chi connectivity index (χ1n) is 5.88. The molecule has 17 heavy (non-hydrogen) atoms. The minimum absolute atomic E-state index is 0.0516. The van der Waals surface area contributed by atoms with Gasteiger partial charge in [0.05, 0.1) is 12.4 Å². The van der Waals surface area contributed by atoms with E-state index in [1.807, 2.05) is 25.1 Å². The van der Waals surface area contributed by atoms with E-state index in [2.05, 4.69) is 26.8 Å². The molecule has 0 heterocycles. The zero-order chi connectivity index (χ0) is 13.1. The fourth-order valence-corrected chi connectivity index (χ4v) is 1.52. The van der Waals surface area contributed by atoms with E-state index in [1.54, 1.807) is 0 Å². The maximum absolute atomic E-state index is 7.34. The molecule has 0 aliphatic heterocycles. The van der Waals surface area contributed by atoms with Crippen LogP contribution in [0.25, 0.3) is 0 Å². The molecule has 0 saturated carbocycles. The molecule has 1 atom stereocenters. The van der Waals surface area contributed by atoms with E-state index in [-0.39, 0.29) is 17.2 Å². The van der Waals surface area contributed by atoms with Crippen LogP contribution in [0.5, 0.6) is 5.75 Å². The quantitative estimate of drug-likeness (QED) is 0.621. The van der Waals surface area contributed by atoms with Crippen LogP contribution in [0.15, 0.2) is 24.3 Å². The number of nitrogens with one attached hydrogen (secondary N) is 1. The Kier molecular flexibility index (Phi) is 4.16. The number of hydrogen-bond donors (Lipinski definition) is 2. The molecule has 0 aromatic heterocycles. The van der Waals surface area contributed by atoms with E-state index in [0.29, 0.717) is 6.61 Å². The fraction of sp³-hybridized carbons (Fsp3) is 0.500. The molecule has 0 fully saturated rings. The standard InChI is InChI=1S/C14H22N2O/c1-10(13(15)16)9-17-12-8-6-5-7-11(12)14(2,3)4/h5-8,10H,9H2,1-4H3,(H3,15,16). The largest absolute Gasteiger partial charge is 0.493 e. The second kappa shape index (κ2) is 5.21. The lowest BCUT2D eigenvalue weighted by Crippen LogP contribution is -2.25. The van der Waals surface area contributed by atoms with Gasteiger partial charge in [0.2, 0.25) is 0 Å². The van der Waals surface area contributed by atoms with E-state index >= 15 is 0 Å². The van der Waals surface area contributed by atoms with Crippen LogP contribution in [0, 0.1) is 11.3 Å². The molecular weight excluding hydrogens is 212 g/mol. The van der Waals surface area contributed by atoms with Crippen molar-refractivity contribution in [2.75, 3.05) is 6.61 Å². The molecular formula is C14H22N2O. The van der Waals surface area contributed by atoms with Gasteiger partial charge in [-0.05, 0) is 17.0 Å². The third kappa shape index (κ3) is 3.77. The first kappa shape index (κ1) is 13.6. The Labute approximate surface area is 103 Å². The summed E-state index contributed by atoms with van der Waals surface area (Å²) in [5.74, 6) is 0.995. The fourth-order valence-electron chi connectivity index (χ4n) is 1.52. The number of hydrogen-bond acceptors (Lipinski definition) is 2. The molecule has 0 aliphatic rings. The predicted molar refractivity (Wildman–Crippen MR) is 71.7 cm³/mol. The molecule has 1 unspecified atom stereocenters. The van der Waals surface area contributed by atoms with Crippen LogP contribution in [0.1, 0.15) is 33.3 Å². The van der Waals surface area contributed by atoms with Crippen LogP contribution in [0.2, 0.25) is 0 Å². The van der Waals surface area contributed by atoms with Gasteiger partial charge in [0.1, 0.15) is 5.75 Å². The maximum atomic E-state index is 7.34. The topological polar surface area (TPSA) is 59.1 Å². The predicted octanol–water partition coefficient (Wildman–Crippen LogP) is 2.93. The van der Waals surface area contributed by atoms with E-state index in [9.17, 15) is 0 Å². The first-order valence-corrected chi connectivity index (χ1v) is 5.88. The molecule has 3 heteroatoms. The molecule has 0 spiro atoms. The second-order valence-electron chi connectivity index (χ2n) is 5.41. The molecule has 0 bridgehead atoms. The van der Waals surface area contributed by atoms with Crippen LogP contribution in [0.3, 0.4) is 0 Å². The Morgan fingerprint density at radius 1 is 1.35 bits per heavy atom. The Morgan fingerprint density at radius 2 is 1.94 bits per heavy atom. The van der Waals surface area contributed by atoms with E-state index < -0.39 is 0 Å². The van der Waals surface area contributed by atoms with Gasteiger partial charge in [-0.3, -0.25) is 5.41 Å². The second-order valence-corrected chi connectivity index (χ2v) is 5.41. The Balaban J connectivity index is 2.81. The third-order valence-electron chi connectivity index (χ3n) is 2.71. The highest BCUT2D eigenvalue weighted by Gasteiger charge is 2.18. The van der Waals surface area contributed by atoms with Crippen LogP contribution < -0.4 is 10.5 Å². The van der Waals surface area contributed by atoms with Gasteiger partial charge in [0.15, 0.2) is 0 Å². The number of ether oxygens (including phenoxy) is 1. The summed E-state index contributed by atoms with van der Waals surface area (Å²) in [6.45, 7) is 8.81. The normalized spacial score (nSPS) is 13.2. The van der Waals surface area contributed by atoms with Gasteiger partial charge in [-0.2, -0.15) is 0 Å². The minimum atomic E-state index is -0.0528. The summed E-state index contributed by atoms with van der Waals surface area (Å²) in [5, 5.41) is 7.34. The number of amidine groups is 1. The average molecular weight is 234 g/mol. The number of benzene rings is 1. The highest BCUT2D eigenvalue weighted by atomic mass is 16.5. The molecule has 1 aromatic carbocycles. The van der Waals surface area contributed by atoms with Crippen molar-refractivity contribution in [3.05, 3.63) is 29.8 Å². The van der Waals surface area contributed by atoms with Crippen molar-refractivity contribution < 1.29 is 4.74 Å². The maximum Gasteiger partial charge on any atom is 0.123 e. The summed E-state index contributed by atoms with van der Waals surface area (Å²) in [4.78, 5) is 0. The monoisotopic (exact) mass is 234 g/mol. The van der Waals surface area contributed by atoms with Crippen LogP contribution in [0.4, 0.5) is 0 Å². The van der Waals surface area contributed by atoms with Gasteiger partial charge >= 0.3 is 0 Å². The highest BCUT2D eigenvalue weighted by Crippen LogP contribution is 2.31. The Morgan fingerprint density at radius 3 is 2.47 bits per heavy atom. The zero-order valence-corrected chi connectivity index (χ0v) is 11.1. The Bertz CT molecular complexity index is 393. The molecule has 94 valence electrons. The lowest BCUT2D eigenvalue weighted by Gasteiger charge is -2.23. The molecule has 0 saturated heterocycles. The van der Waals surface area contributed by atoms with Crippen molar-refractivity contribution >= 4 is 5.84 Å². The number of rotatable bonds is 4. The van der Waals surface area contributed by atoms with Crippen molar-refractivity contribution in [1.29, 1.82) is 5.41 Å². The molecule has 3 N–H and O–H groups in total. The van der Waals surface area contributed by atoms with E-state index in [4.69, 9.17) is 15.9 Å². The summed E-state index contributed by atoms with van der Waals surface area (Å²) in [6.07, 6.45) is 0. The molecule has 1 rings (SSSR count). The first-order chi connectivity index (χ1) is 7.82. The van der Waals surface area contributed by atoms with Gasteiger partial charge in [0, 0.05) is 5.92 Å². The third-order valence-corrected chi connectivity index (χ3v) is 2.71. The van der Waals surface area contributed by atoms with Gasteiger partial charge < -0.3 is 10.5 Å². The van der Waals surface area contributed by atoms with Crippen LogP contribution in [-0.2, 0) is 5.41 Å². The molecule has 0 radical (unpaired) electrons. The van der Waals surface area contributed by atoms with Gasteiger partial charge in [-0.25, -0.2) is 0 Å². The highest BCUT2D eigenvalue weighted by molar-refractivity contribution is 5.79. The van der Waals surface area contributed by atoms with Crippen LogP contribution in [-0.4, -0.2) is 12.4 Å². The van der Waals surface area contributed by atoms with E-state index in [1.165, 1.54) is 5.56 Å². The number of nitrogens with two attached hydrogens (primary N) is 1. The SMILES string of the molecule is CC(COc1ccccc1C(C)(C)C)C(=N)N. The molecule has 0 amide bonds. The summed E-state index contributed by atoms with van der Waals surface area (Å²) >= 11 is 0. The number of para-hydroxylation sites is 1. The van der Waals surface area contributed by atoms with Gasteiger partial charge in [0.25, 0.3) is 0 Å². The molecule has 1 aromatic rings. The van der Waals surface area contributed by atoms with Crippen molar-refractivity contribution in [1.82, 2.24) is 0 Å². The molecule has 3 nitrogen and oxygen atoms in total. The summed E-state index contributed by atoms with van der Waals surface area (Å²) in [6, 6.07) is 8.02. The van der Waals surface area contributed by atoms with Gasteiger partial charge in [-0.15, -0.1) is 0 Å². The molecule has 0 aliphatic carbocycles. The lowest BCUT2D eigenvalue weighted by atomic mass is 9.86. The summed E-state index contributed by atoms with van der Waals surface area (Å²) < 4.78 is 5.77. The summed E-state index contributed by atoms with van der Waals surface area (Å²) in [7, 11) is 0. The average Bonchev–Trinajstić information content (AvgIpc) is 2.24. The Hall–Kier alpha value is -1.51. The van der Waals surface area contributed by atoms with Crippen molar-refractivity contribution in [3.63, 3.8) is 0 Å². The zero-order valence-electron chi connectivity index (χ0n) is 11.1. The van der Waals surface area contributed by atoms with Crippen LogP contribution >= 0.6 is 0 Å². The van der Waals surface area contributed by atoms with Crippen molar-refractivity contribution in [3.8, 4) is 5.75 Å². The lowest BCUT2D eigenvalue weighted by molar-refractivity contribution is 0.284. The van der Waals surface area contributed by atoms with Crippen molar-refractivity contribution in [2.24, 2.45) is 11.7 Å². The van der Waals surface area contributed by atoms with Gasteiger partial charge in [-0.1, -0.05) is 45.9 Å². The van der Waals surface area contributed by atoms with E-state index in [0.717, 1.165) is 5.75 Å².